The van der Waals surface area contributed by atoms with Crippen molar-refractivity contribution in [2.45, 2.75) is 45.3 Å². The molecule has 4 rings (SSSR count). The Kier molecular flexibility index (Phi) is 6.84. The quantitative estimate of drug-likeness (QED) is 0.643. The SMILES string of the molecule is CC(Oc1cccc(OCCN)c1)[C@H]1CC[C@H](CN2Cc3ccc(O)c(F)c3C2=O)CC1. The molecule has 3 N–H and O–H groups in total. The number of halogens is 1. The summed E-state index contributed by atoms with van der Waals surface area (Å²) in [6, 6.07) is 10.6. The molecule has 1 saturated carbocycles. The van der Waals surface area contributed by atoms with Gasteiger partial charge < -0.3 is 25.2 Å². The van der Waals surface area contributed by atoms with Crippen LogP contribution in [0.5, 0.6) is 17.2 Å². The number of nitrogens with two attached hydrogens (primary N) is 1. The summed E-state index contributed by atoms with van der Waals surface area (Å²) in [6.45, 7) is 4.08. The minimum absolute atomic E-state index is 0.0263. The first-order chi connectivity index (χ1) is 15.5. The average molecular weight is 443 g/mol. The summed E-state index contributed by atoms with van der Waals surface area (Å²) in [5, 5.41) is 9.58. The van der Waals surface area contributed by atoms with Crippen molar-refractivity contribution in [2.24, 2.45) is 17.6 Å². The lowest BCUT2D eigenvalue weighted by molar-refractivity contribution is 0.0682. The summed E-state index contributed by atoms with van der Waals surface area (Å²) in [5.74, 6) is 0.794. The third-order valence-corrected chi connectivity index (χ3v) is 6.62. The molecule has 0 bridgehead atoms. The van der Waals surface area contributed by atoms with E-state index in [0.29, 0.717) is 43.6 Å². The summed E-state index contributed by atoms with van der Waals surface area (Å²) in [6.07, 6.45) is 4.14. The molecule has 2 aliphatic rings. The van der Waals surface area contributed by atoms with Crippen LogP contribution < -0.4 is 15.2 Å². The first-order valence-corrected chi connectivity index (χ1v) is 11.4. The Hall–Kier alpha value is -2.80. The van der Waals surface area contributed by atoms with Gasteiger partial charge in [-0.25, -0.2) is 4.39 Å². The van der Waals surface area contributed by atoms with E-state index in [9.17, 15) is 14.3 Å². The standard InChI is InChI=1S/C25H31FN2O4/c1-16(32-21-4-2-3-20(13-21)31-12-11-27)18-7-5-17(6-8-18)14-28-15-19-9-10-22(29)24(26)23(19)25(28)30/h2-4,9-10,13,16-18,29H,5-8,11-12,14-15,27H2,1H3/t16?,17-,18-. The Morgan fingerprint density at radius 1 is 1.19 bits per heavy atom. The van der Waals surface area contributed by atoms with Crippen molar-refractivity contribution in [2.75, 3.05) is 19.7 Å². The largest absolute Gasteiger partial charge is 0.505 e. The molecule has 6 nitrogen and oxygen atoms in total. The van der Waals surface area contributed by atoms with E-state index in [1.807, 2.05) is 24.3 Å². The van der Waals surface area contributed by atoms with E-state index in [4.69, 9.17) is 15.2 Å². The first kappa shape index (κ1) is 22.4. The second kappa shape index (κ2) is 9.77. The lowest BCUT2D eigenvalue weighted by Crippen LogP contribution is -2.34. The molecule has 0 spiro atoms. The highest BCUT2D eigenvalue weighted by molar-refractivity contribution is 5.99. The fourth-order valence-corrected chi connectivity index (χ4v) is 4.83. The third-order valence-electron chi connectivity index (χ3n) is 6.62. The zero-order chi connectivity index (χ0) is 22.7. The van der Waals surface area contributed by atoms with Crippen LogP contribution in [0.25, 0.3) is 0 Å². The fraction of sp³-hybridized carbons (Fsp3) is 0.480. The highest BCUT2D eigenvalue weighted by Gasteiger charge is 2.34. The monoisotopic (exact) mass is 442 g/mol. The number of fused-ring (bicyclic) bond motifs is 1. The third kappa shape index (κ3) is 4.83. The van der Waals surface area contributed by atoms with Crippen LogP contribution in [-0.4, -0.2) is 41.7 Å². The highest BCUT2D eigenvalue weighted by atomic mass is 19.1. The number of nitrogens with zero attached hydrogens (tertiary/aromatic N) is 1. The van der Waals surface area contributed by atoms with Crippen molar-refractivity contribution in [1.29, 1.82) is 0 Å². The van der Waals surface area contributed by atoms with E-state index in [1.54, 1.807) is 11.0 Å². The smallest absolute Gasteiger partial charge is 0.257 e. The van der Waals surface area contributed by atoms with Crippen LogP contribution in [-0.2, 0) is 6.54 Å². The van der Waals surface area contributed by atoms with E-state index >= 15 is 0 Å². The maximum atomic E-state index is 14.2. The minimum Gasteiger partial charge on any atom is -0.505 e. The van der Waals surface area contributed by atoms with Crippen molar-refractivity contribution in [1.82, 2.24) is 4.90 Å². The number of hydrogen-bond donors (Lipinski definition) is 2. The number of carbonyl (C=O) groups is 1. The van der Waals surface area contributed by atoms with E-state index < -0.39 is 11.6 Å². The lowest BCUT2D eigenvalue weighted by atomic mass is 9.79. The predicted molar refractivity (Wildman–Crippen MR) is 119 cm³/mol. The molecule has 1 unspecified atom stereocenters. The van der Waals surface area contributed by atoms with Gasteiger partial charge in [-0.3, -0.25) is 4.79 Å². The van der Waals surface area contributed by atoms with E-state index in [1.165, 1.54) is 6.07 Å². The lowest BCUT2D eigenvalue weighted by Gasteiger charge is -2.34. The Morgan fingerprint density at radius 3 is 2.69 bits per heavy atom. The molecular formula is C25H31FN2O4. The summed E-state index contributed by atoms with van der Waals surface area (Å²) < 4.78 is 25.9. The minimum atomic E-state index is -0.804. The van der Waals surface area contributed by atoms with Crippen LogP contribution in [0, 0.1) is 17.7 Å². The second-order valence-corrected chi connectivity index (χ2v) is 8.83. The Morgan fingerprint density at radius 2 is 1.94 bits per heavy atom. The van der Waals surface area contributed by atoms with E-state index in [2.05, 4.69) is 6.92 Å². The highest BCUT2D eigenvalue weighted by Crippen LogP contribution is 2.36. The van der Waals surface area contributed by atoms with Crippen LogP contribution in [0.3, 0.4) is 0 Å². The van der Waals surface area contributed by atoms with Crippen LogP contribution in [0.2, 0.25) is 0 Å². The molecule has 1 amide bonds. The van der Waals surface area contributed by atoms with Gasteiger partial charge in [0.05, 0.1) is 11.7 Å². The summed E-state index contributed by atoms with van der Waals surface area (Å²) in [7, 11) is 0. The maximum absolute atomic E-state index is 14.2. The topological polar surface area (TPSA) is 85.0 Å². The van der Waals surface area contributed by atoms with Crippen LogP contribution in [0.15, 0.2) is 36.4 Å². The van der Waals surface area contributed by atoms with Gasteiger partial charge in [0.1, 0.15) is 18.1 Å². The van der Waals surface area contributed by atoms with Crippen LogP contribution in [0.4, 0.5) is 4.39 Å². The molecule has 172 valence electrons. The molecule has 0 radical (unpaired) electrons. The molecule has 2 aromatic carbocycles. The zero-order valence-electron chi connectivity index (χ0n) is 18.4. The molecule has 1 aliphatic heterocycles. The van der Waals surface area contributed by atoms with Gasteiger partial charge in [-0.2, -0.15) is 0 Å². The van der Waals surface area contributed by atoms with Crippen molar-refractivity contribution >= 4 is 5.91 Å². The number of hydrogen-bond acceptors (Lipinski definition) is 5. The molecular weight excluding hydrogens is 411 g/mol. The van der Waals surface area contributed by atoms with E-state index in [-0.39, 0.29) is 17.6 Å². The number of carbonyl (C=O) groups excluding carboxylic acids is 1. The van der Waals surface area contributed by atoms with Crippen molar-refractivity contribution in [3.63, 3.8) is 0 Å². The molecule has 32 heavy (non-hydrogen) atoms. The van der Waals surface area contributed by atoms with Gasteiger partial charge in [0.25, 0.3) is 5.91 Å². The molecule has 1 atom stereocenters. The maximum Gasteiger partial charge on any atom is 0.257 e. The number of phenols is 1. The average Bonchev–Trinajstić information content (AvgIpc) is 3.11. The first-order valence-electron chi connectivity index (χ1n) is 11.4. The van der Waals surface area contributed by atoms with Gasteiger partial charge in [0.15, 0.2) is 11.6 Å². The summed E-state index contributed by atoms with van der Waals surface area (Å²) in [4.78, 5) is 14.4. The number of phenolic OH excluding ortho intramolecular Hbond substituents is 1. The zero-order valence-corrected chi connectivity index (χ0v) is 18.4. The number of ether oxygens (including phenoxy) is 2. The molecule has 7 heteroatoms. The normalized spacial score (nSPS) is 21.3. The molecule has 1 heterocycles. The molecule has 1 fully saturated rings. The van der Waals surface area contributed by atoms with Crippen LogP contribution in [0.1, 0.15) is 48.5 Å². The summed E-state index contributed by atoms with van der Waals surface area (Å²) in [5.41, 5.74) is 6.17. The number of benzene rings is 2. The second-order valence-electron chi connectivity index (χ2n) is 8.83. The van der Waals surface area contributed by atoms with Gasteiger partial charge in [-0.15, -0.1) is 0 Å². The molecule has 1 aliphatic carbocycles. The van der Waals surface area contributed by atoms with Gasteiger partial charge >= 0.3 is 0 Å². The van der Waals surface area contributed by atoms with Crippen LogP contribution >= 0.6 is 0 Å². The predicted octanol–water partition coefficient (Wildman–Crippen LogP) is 4.10. The summed E-state index contributed by atoms with van der Waals surface area (Å²) >= 11 is 0. The Labute approximate surface area is 188 Å². The molecule has 0 saturated heterocycles. The number of amides is 1. The van der Waals surface area contributed by atoms with Crippen molar-refractivity contribution in [3.05, 3.63) is 53.3 Å². The molecule has 0 aromatic heterocycles. The van der Waals surface area contributed by atoms with Crippen molar-refractivity contribution in [3.8, 4) is 17.2 Å². The molecule has 2 aromatic rings. The number of aromatic hydroxyl groups is 1. The Balaban J connectivity index is 1.27. The van der Waals surface area contributed by atoms with Gasteiger partial charge in [-0.1, -0.05) is 12.1 Å². The van der Waals surface area contributed by atoms with Gasteiger partial charge in [-0.05, 0) is 68.2 Å². The van der Waals surface area contributed by atoms with Gasteiger partial charge in [0, 0.05) is 25.7 Å². The fourth-order valence-electron chi connectivity index (χ4n) is 4.83. The van der Waals surface area contributed by atoms with Gasteiger partial charge in [0.2, 0.25) is 0 Å². The van der Waals surface area contributed by atoms with E-state index in [0.717, 1.165) is 37.2 Å². The van der Waals surface area contributed by atoms with Crippen molar-refractivity contribution < 1.29 is 23.8 Å². The number of rotatable bonds is 8. The Bertz CT molecular complexity index is 959.